The Kier molecular flexibility index (Phi) is 7.40. The van der Waals surface area contributed by atoms with Crippen molar-refractivity contribution in [2.45, 2.75) is 26.2 Å². The third-order valence-corrected chi connectivity index (χ3v) is 4.97. The van der Waals surface area contributed by atoms with Crippen LogP contribution in [0.15, 0.2) is 103 Å². The molecule has 3 aromatic rings. The third kappa shape index (κ3) is 6.05. The van der Waals surface area contributed by atoms with Gasteiger partial charge in [-0.05, 0) is 61.2 Å². The summed E-state index contributed by atoms with van der Waals surface area (Å²) < 4.78 is 10.6. The minimum absolute atomic E-state index is 0.0641. The van der Waals surface area contributed by atoms with E-state index < -0.39 is 11.9 Å². The Hall–Kier alpha value is -3.92. The van der Waals surface area contributed by atoms with Crippen molar-refractivity contribution in [3.8, 4) is 11.5 Å². The maximum Gasteiger partial charge on any atom is 0.338 e. The lowest BCUT2D eigenvalue weighted by Crippen LogP contribution is -2.09. The van der Waals surface area contributed by atoms with Crippen LogP contribution in [-0.2, 0) is 16.0 Å². The summed E-state index contributed by atoms with van der Waals surface area (Å²) in [6.07, 6.45) is 0.788. The average molecular weight is 427 g/mol. The van der Waals surface area contributed by atoms with Gasteiger partial charge in [0.25, 0.3) is 0 Å². The molecule has 0 spiro atoms. The number of carbonyl (C=O) groups excluding carboxylic acids is 2. The zero-order valence-corrected chi connectivity index (χ0v) is 18.3. The van der Waals surface area contributed by atoms with Crippen LogP contribution in [0.25, 0.3) is 0 Å². The first-order chi connectivity index (χ1) is 15.3. The molecule has 0 heterocycles. The van der Waals surface area contributed by atoms with Crippen molar-refractivity contribution in [2.75, 3.05) is 0 Å². The van der Waals surface area contributed by atoms with Gasteiger partial charge in [0.2, 0.25) is 0 Å². The lowest BCUT2D eigenvalue weighted by Gasteiger charge is -2.19. The van der Waals surface area contributed by atoms with Crippen LogP contribution in [-0.4, -0.2) is 11.9 Å². The Balaban J connectivity index is 1.87. The van der Waals surface area contributed by atoms with E-state index in [0.717, 1.165) is 17.5 Å². The van der Waals surface area contributed by atoms with E-state index in [9.17, 15) is 9.59 Å². The highest BCUT2D eigenvalue weighted by Gasteiger charge is 2.17. The van der Waals surface area contributed by atoms with Gasteiger partial charge in [-0.25, -0.2) is 9.59 Å². The lowest BCUT2D eigenvalue weighted by molar-refractivity contribution is -0.130. The van der Waals surface area contributed by atoms with Gasteiger partial charge in [-0.1, -0.05) is 67.8 Å². The summed E-state index contributed by atoms with van der Waals surface area (Å²) in [4.78, 5) is 23.6. The van der Waals surface area contributed by atoms with Gasteiger partial charge in [0, 0.05) is 17.1 Å². The van der Waals surface area contributed by atoms with Crippen molar-refractivity contribution >= 4 is 11.9 Å². The summed E-state index contributed by atoms with van der Waals surface area (Å²) in [7, 11) is 0. The molecule has 0 aliphatic rings. The van der Waals surface area contributed by atoms with Crippen molar-refractivity contribution in [3.05, 3.63) is 120 Å². The van der Waals surface area contributed by atoms with Gasteiger partial charge < -0.3 is 9.47 Å². The molecule has 0 aromatic heterocycles. The Morgan fingerprint density at radius 2 is 1.09 bits per heavy atom. The topological polar surface area (TPSA) is 52.6 Å². The quantitative estimate of drug-likeness (QED) is 0.251. The summed E-state index contributed by atoms with van der Waals surface area (Å²) in [5.41, 5.74) is 4.06. The largest absolute Gasteiger partial charge is 0.423 e. The van der Waals surface area contributed by atoms with Crippen LogP contribution in [0, 0.1) is 0 Å². The Bertz CT molecular complexity index is 1040. The molecule has 0 unspecified atom stereocenters. The smallest absolute Gasteiger partial charge is 0.338 e. The second-order valence-electron chi connectivity index (χ2n) is 7.72. The summed E-state index contributed by atoms with van der Waals surface area (Å²) in [5, 5.41) is 0. The molecular weight excluding hydrogens is 400 g/mol. The number of rotatable bonds is 8. The van der Waals surface area contributed by atoms with Crippen molar-refractivity contribution in [1.82, 2.24) is 0 Å². The van der Waals surface area contributed by atoms with E-state index >= 15 is 0 Å². The fourth-order valence-corrected chi connectivity index (χ4v) is 3.20. The van der Waals surface area contributed by atoms with Gasteiger partial charge in [0.15, 0.2) is 0 Å². The summed E-state index contributed by atoms with van der Waals surface area (Å²) in [5.74, 6) is 0.121. The maximum absolute atomic E-state index is 11.8. The molecule has 0 radical (unpaired) electrons. The molecule has 0 bridgehead atoms. The van der Waals surface area contributed by atoms with Crippen LogP contribution in [0.2, 0.25) is 0 Å². The number of hydrogen-bond donors (Lipinski definition) is 0. The van der Waals surface area contributed by atoms with E-state index in [4.69, 9.17) is 9.47 Å². The fourth-order valence-electron chi connectivity index (χ4n) is 3.20. The Labute approximate surface area is 188 Å². The predicted molar refractivity (Wildman–Crippen MR) is 126 cm³/mol. The number of carbonyl (C=O) groups is 2. The Morgan fingerprint density at radius 3 is 1.47 bits per heavy atom. The molecule has 32 heavy (non-hydrogen) atoms. The van der Waals surface area contributed by atoms with Crippen molar-refractivity contribution < 1.29 is 19.1 Å². The van der Waals surface area contributed by atoms with Crippen LogP contribution < -0.4 is 9.47 Å². The first-order valence-electron chi connectivity index (χ1n) is 10.3. The standard InChI is InChI=1S/C28H26O4/c1-19(2)27(29)31-24-14-10-22(11-15-24)26(18-21-8-6-5-7-9-21)23-12-16-25(17-13-23)32-28(30)20(3)4/h5-17,26H,1,3,18H2,2,4H3. The van der Waals surface area contributed by atoms with E-state index in [1.807, 2.05) is 42.5 Å². The highest BCUT2D eigenvalue weighted by Crippen LogP contribution is 2.31. The number of benzene rings is 3. The van der Waals surface area contributed by atoms with E-state index in [-0.39, 0.29) is 5.92 Å². The molecule has 4 nitrogen and oxygen atoms in total. The van der Waals surface area contributed by atoms with Crippen molar-refractivity contribution in [2.24, 2.45) is 0 Å². The highest BCUT2D eigenvalue weighted by atomic mass is 16.5. The normalized spacial score (nSPS) is 10.5. The molecule has 0 amide bonds. The van der Waals surface area contributed by atoms with Gasteiger partial charge in [-0.2, -0.15) is 0 Å². The molecule has 0 aliphatic heterocycles. The first-order valence-corrected chi connectivity index (χ1v) is 10.3. The molecule has 3 rings (SSSR count). The zero-order valence-electron chi connectivity index (χ0n) is 18.3. The minimum Gasteiger partial charge on any atom is -0.423 e. The van der Waals surface area contributed by atoms with Crippen LogP contribution in [0.1, 0.15) is 36.5 Å². The van der Waals surface area contributed by atoms with E-state index in [1.54, 1.807) is 38.1 Å². The number of esters is 2. The fraction of sp³-hybridized carbons (Fsp3) is 0.143. The second kappa shape index (κ2) is 10.4. The second-order valence-corrected chi connectivity index (χ2v) is 7.72. The van der Waals surface area contributed by atoms with E-state index in [1.165, 1.54) is 5.56 Å². The summed E-state index contributed by atoms with van der Waals surface area (Å²) in [6, 6.07) is 25.2. The van der Waals surface area contributed by atoms with Gasteiger partial charge in [0.1, 0.15) is 11.5 Å². The van der Waals surface area contributed by atoms with Crippen LogP contribution >= 0.6 is 0 Å². The maximum atomic E-state index is 11.8. The molecule has 0 aliphatic carbocycles. The lowest BCUT2D eigenvalue weighted by atomic mass is 9.86. The molecule has 0 fully saturated rings. The van der Waals surface area contributed by atoms with Crippen molar-refractivity contribution in [3.63, 3.8) is 0 Å². The summed E-state index contributed by atoms with van der Waals surface area (Å²) in [6.45, 7) is 10.4. The molecule has 3 aromatic carbocycles. The molecule has 0 saturated heterocycles. The molecule has 162 valence electrons. The molecule has 0 N–H and O–H groups in total. The van der Waals surface area contributed by atoms with Gasteiger partial charge in [0.05, 0.1) is 0 Å². The molecule has 4 heteroatoms. The zero-order chi connectivity index (χ0) is 23.1. The molecule has 0 atom stereocenters. The van der Waals surface area contributed by atoms with Crippen LogP contribution in [0.3, 0.4) is 0 Å². The molecular formula is C28H26O4. The average Bonchev–Trinajstić information content (AvgIpc) is 2.79. The predicted octanol–water partition coefficient (Wildman–Crippen LogP) is 6.02. The number of hydrogen-bond acceptors (Lipinski definition) is 4. The SMILES string of the molecule is C=C(C)C(=O)Oc1ccc(C(Cc2ccccc2)c2ccc(OC(=O)C(=C)C)cc2)cc1. The van der Waals surface area contributed by atoms with Gasteiger partial charge >= 0.3 is 11.9 Å². The number of ether oxygens (including phenoxy) is 2. The van der Waals surface area contributed by atoms with Crippen molar-refractivity contribution in [1.29, 1.82) is 0 Å². The monoisotopic (exact) mass is 426 g/mol. The minimum atomic E-state index is -0.446. The van der Waals surface area contributed by atoms with Crippen LogP contribution in [0.4, 0.5) is 0 Å². The highest BCUT2D eigenvalue weighted by molar-refractivity contribution is 5.89. The van der Waals surface area contributed by atoms with Gasteiger partial charge in [-0.3, -0.25) is 0 Å². The van der Waals surface area contributed by atoms with Crippen LogP contribution in [0.5, 0.6) is 11.5 Å². The van der Waals surface area contributed by atoms with E-state index in [2.05, 4.69) is 25.3 Å². The Morgan fingerprint density at radius 1 is 0.688 bits per heavy atom. The first kappa shape index (κ1) is 22.8. The van der Waals surface area contributed by atoms with E-state index in [0.29, 0.717) is 22.6 Å². The summed E-state index contributed by atoms with van der Waals surface area (Å²) >= 11 is 0. The third-order valence-electron chi connectivity index (χ3n) is 4.97. The molecule has 0 saturated carbocycles. The van der Waals surface area contributed by atoms with Gasteiger partial charge in [-0.15, -0.1) is 0 Å².